The number of hydrogen-bond donors (Lipinski definition) is 1. The quantitative estimate of drug-likeness (QED) is 0.518. The molecule has 8 heteroatoms. The van der Waals surface area contributed by atoms with Gasteiger partial charge < -0.3 is 9.84 Å². The summed E-state index contributed by atoms with van der Waals surface area (Å²) in [5, 5.41) is 13.7. The lowest BCUT2D eigenvalue weighted by atomic mass is 10.1. The van der Waals surface area contributed by atoms with Gasteiger partial charge >= 0.3 is 5.97 Å². The second-order valence-corrected chi connectivity index (χ2v) is 8.52. The third-order valence-electron chi connectivity index (χ3n) is 5.55. The van der Waals surface area contributed by atoms with E-state index in [-0.39, 0.29) is 5.56 Å². The number of nitrogens with zero attached hydrogens (tertiary/aromatic N) is 4. The maximum absolute atomic E-state index is 13.2. The first-order chi connectivity index (χ1) is 15.2. The van der Waals surface area contributed by atoms with Gasteiger partial charge in [0, 0.05) is 20.0 Å². The number of aromatic nitrogens is 4. The lowest BCUT2D eigenvalue weighted by Crippen LogP contribution is -2.37. The number of aryl methyl sites for hydroxylation is 4. The lowest BCUT2D eigenvalue weighted by Gasteiger charge is -2.21. The van der Waals surface area contributed by atoms with Crippen molar-refractivity contribution in [1.82, 2.24) is 19.3 Å². The minimum Gasteiger partial charge on any atom is -0.478 e. The molecule has 3 rings (SSSR count). The Morgan fingerprint density at radius 3 is 2.44 bits per heavy atom. The summed E-state index contributed by atoms with van der Waals surface area (Å²) in [7, 11) is 1.80. The Labute approximate surface area is 187 Å². The molecule has 0 fully saturated rings. The number of aliphatic carboxylic acids is 1. The molecule has 0 spiro atoms. The van der Waals surface area contributed by atoms with Crippen molar-refractivity contribution in [3.63, 3.8) is 0 Å². The predicted octanol–water partition coefficient (Wildman–Crippen LogP) is 3.52. The van der Waals surface area contributed by atoms with Crippen molar-refractivity contribution in [2.45, 2.75) is 71.9 Å². The van der Waals surface area contributed by atoms with Gasteiger partial charge in [0.2, 0.25) is 0 Å². The van der Waals surface area contributed by atoms with Crippen molar-refractivity contribution in [2.24, 2.45) is 7.05 Å². The fourth-order valence-corrected chi connectivity index (χ4v) is 3.77. The average Bonchev–Trinajstić information content (AvgIpc) is 3.06. The van der Waals surface area contributed by atoms with Crippen LogP contribution < -0.4 is 10.3 Å². The van der Waals surface area contributed by atoms with Crippen LogP contribution in [0.3, 0.4) is 0 Å². The molecule has 8 nitrogen and oxygen atoms in total. The number of carbonyl (C=O) groups is 1. The SMILES string of the molecule is CCCc1nn(C)c2c(=O)n(CCCc3ccc(OC(C)(C)C(=O)O)cc3)c(CC)nc12. The van der Waals surface area contributed by atoms with Crippen LogP contribution in [-0.4, -0.2) is 36.0 Å². The number of carboxylic acids is 1. The zero-order valence-electron chi connectivity index (χ0n) is 19.5. The Morgan fingerprint density at radius 1 is 1.16 bits per heavy atom. The lowest BCUT2D eigenvalue weighted by molar-refractivity contribution is -0.152. The summed E-state index contributed by atoms with van der Waals surface area (Å²) >= 11 is 0. The molecule has 0 amide bonds. The molecule has 0 aliphatic heterocycles. The highest BCUT2D eigenvalue weighted by atomic mass is 16.5. The number of ether oxygens (including phenoxy) is 1. The molecule has 0 atom stereocenters. The summed E-state index contributed by atoms with van der Waals surface area (Å²) in [6, 6.07) is 7.41. The van der Waals surface area contributed by atoms with Crippen LogP contribution in [0, 0.1) is 0 Å². The van der Waals surface area contributed by atoms with Crippen LogP contribution in [0.4, 0.5) is 0 Å². The second kappa shape index (κ2) is 9.54. The highest BCUT2D eigenvalue weighted by molar-refractivity contribution is 5.77. The Kier molecular flexibility index (Phi) is 7.01. The van der Waals surface area contributed by atoms with E-state index in [1.165, 1.54) is 13.8 Å². The Balaban J connectivity index is 1.74. The summed E-state index contributed by atoms with van der Waals surface area (Å²) in [6.07, 6.45) is 4.00. The van der Waals surface area contributed by atoms with Crippen molar-refractivity contribution in [3.8, 4) is 5.75 Å². The van der Waals surface area contributed by atoms with E-state index in [9.17, 15) is 14.7 Å². The molecule has 172 valence electrons. The number of hydrogen-bond acceptors (Lipinski definition) is 5. The van der Waals surface area contributed by atoms with Gasteiger partial charge in [-0.2, -0.15) is 5.10 Å². The minimum atomic E-state index is -1.28. The molecule has 0 aliphatic carbocycles. The van der Waals surface area contributed by atoms with Crippen molar-refractivity contribution in [1.29, 1.82) is 0 Å². The van der Waals surface area contributed by atoms with E-state index < -0.39 is 11.6 Å². The first-order valence-electron chi connectivity index (χ1n) is 11.1. The summed E-state index contributed by atoms with van der Waals surface area (Å²) in [6.45, 7) is 7.71. The van der Waals surface area contributed by atoms with Crippen molar-refractivity contribution in [2.75, 3.05) is 0 Å². The largest absolute Gasteiger partial charge is 0.478 e. The Bertz CT molecular complexity index is 1160. The number of rotatable bonds is 10. The summed E-state index contributed by atoms with van der Waals surface area (Å²) in [4.78, 5) is 29.2. The van der Waals surface area contributed by atoms with Gasteiger partial charge in [-0.05, 0) is 50.8 Å². The van der Waals surface area contributed by atoms with E-state index in [0.29, 0.717) is 24.2 Å². The monoisotopic (exact) mass is 440 g/mol. The molecule has 0 saturated carbocycles. The van der Waals surface area contributed by atoms with Gasteiger partial charge in [0.05, 0.1) is 5.69 Å². The first kappa shape index (κ1) is 23.5. The zero-order valence-corrected chi connectivity index (χ0v) is 19.5. The van der Waals surface area contributed by atoms with Gasteiger partial charge in [-0.25, -0.2) is 9.78 Å². The highest BCUT2D eigenvalue weighted by Gasteiger charge is 2.29. The molecule has 32 heavy (non-hydrogen) atoms. The summed E-state index contributed by atoms with van der Waals surface area (Å²) in [5.41, 5.74) is 1.95. The fourth-order valence-electron chi connectivity index (χ4n) is 3.77. The smallest absolute Gasteiger partial charge is 0.347 e. The number of benzene rings is 1. The van der Waals surface area contributed by atoms with E-state index in [1.807, 2.05) is 19.1 Å². The van der Waals surface area contributed by atoms with Crippen LogP contribution in [0.5, 0.6) is 5.75 Å². The molecule has 0 unspecified atom stereocenters. The molecule has 0 aliphatic rings. The van der Waals surface area contributed by atoms with E-state index >= 15 is 0 Å². The van der Waals surface area contributed by atoms with Gasteiger partial charge in [-0.3, -0.25) is 14.0 Å². The Hall–Kier alpha value is -3.16. The molecular formula is C24H32N4O4. The fraction of sp³-hybridized carbons (Fsp3) is 0.500. The predicted molar refractivity (Wildman–Crippen MR) is 123 cm³/mol. The normalized spacial score (nSPS) is 11.8. The minimum absolute atomic E-state index is 0.0381. The van der Waals surface area contributed by atoms with Gasteiger partial charge in [0.25, 0.3) is 5.56 Å². The van der Waals surface area contributed by atoms with Gasteiger partial charge in [-0.15, -0.1) is 0 Å². The third-order valence-corrected chi connectivity index (χ3v) is 5.55. The second-order valence-electron chi connectivity index (χ2n) is 8.52. The van der Waals surface area contributed by atoms with Crippen molar-refractivity contribution < 1.29 is 14.6 Å². The van der Waals surface area contributed by atoms with Crippen LogP contribution in [0.2, 0.25) is 0 Å². The molecule has 0 radical (unpaired) electrons. The van der Waals surface area contributed by atoms with Crippen LogP contribution in [0.25, 0.3) is 11.0 Å². The molecule has 0 bridgehead atoms. The molecular weight excluding hydrogens is 408 g/mol. The average molecular weight is 441 g/mol. The highest BCUT2D eigenvalue weighted by Crippen LogP contribution is 2.20. The van der Waals surface area contributed by atoms with Crippen molar-refractivity contribution >= 4 is 17.0 Å². The van der Waals surface area contributed by atoms with E-state index in [1.54, 1.807) is 28.4 Å². The standard InChI is InChI=1S/C24H32N4O4/c1-6-9-18-20-21(27(5)26-18)22(29)28(19(7-2)25-20)15-8-10-16-11-13-17(14-12-16)32-24(3,4)23(30)31/h11-14H,6-10,15H2,1-5H3,(H,30,31). The molecule has 0 saturated heterocycles. The maximum atomic E-state index is 13.2. The topological polar surface area (TPSA) is 99.2 Å². The molecule has 2 aromatic heterocycles. The van der Waals surface area contributed by atoms with Crippen LogP contribution in [0.1, 0.15) is 57.6 Å². The Morgan fingerprint density at radius 2 is 1.84 bits per heavy atom. The van der Waals surface area contributed by atoms with E-state index in [4.69, 9.17) is 9.72 Å². The molecule has 3 aromatic rings. The summed E-state index contributed by atoms with van der Waals surface area (Å²) in [5.74, 6) is 0.284. The van der Waals surface area contributed by atoms with E-state index in [0.717, 1.165) is 48.3 Å². The number of fused-ring (bicyclic) bond motifs is 1. The van der Waals surface area contributed by atoms with Crippen molar-refractivity contribution in [3.05, 3.63) is 51.7 Å². The third kappa shape index (κ3) is 4.84. The van der Waals surface area contributed by atoms with Gasteiger partial charge in [0.15, 0.2) is 11.1 Å². The van der Waals surface area contributed by atoms with Crippen LogP contribution in [-0.2, 0) is 37.6 Å². The van der Waals surface area contributed by atoms with E-state index in [2.05, 4.69) is 12.0 Å². The number of carboxylic acid groups (broad SMARTS) is 1. The van der Waals surface area contributed by atoms with Gasteiger partial charge in [-0.1, -0.05) is 32.4 Å². The van der Waals surface area contributed by atoms with Crippen LogP contribution in [0.15, 0.2) is 29.1 Å². The maximum Gasteiger partial charge on any atom is 0.347 e. The van der Waals surface area contributed by atoms with Gasteiger partial charge in [0.1, 0.15) is 17.1 Å². The summed E-state index contributed by atoms with van der Waals surface area (Å²) < 4.78 is 8.97. The zero-order chi connectivity index (χ0) is 23.5. The first-order valence-corrected chi connectivity index (χ1v) is 11.1. The molecule has 1 N–H and O–H groups in total. The van der Waals surface area contributed by atoms with Crippen LogP contribution >= 0.6 is 0 Å². The molecule has 1 aromatic carbocycles. The molecule has 2 heterocycles.